The Bertz CT molecular complexity index is 563. The fraction of sp³-hybridized carbons (Fsp3) is 0.286. The first-order chi connectivity index (χ1) is 9.20. The Hall–Kier alpha value is -2.30. The third kappa shape index (κ3) is 3.34. The third-order valence-corrected chi connectivity index (χ3v) is 2.75. The second kappa shape index (κ2) is 6.04. The number of carbonyl (C=O) groups is 1. The number of nitrogens with one attached hydrogen (secondary N) is 1. The highest BCUT2D eigenvalue weighted by molar-refractivity contribution is 5.90. The molecule has 0 aliphatic rings. The number of anilines is 1. The molecule has 5 nitrogen and oxygen atoms in total. The predicted octanol–water partition coefficient (Wildman–Crippen LogP) is 2.21. The molecule has 0 saturated heterocycles. The van der Waals surface area contributed by atoms with E-state index in [2.05, 4.69) is 10.3 Å². The van der Waals surface area contributed by atoms with E-state index in [1.807, 2.05) is 29.9 Å². The van der Waals surface area contributed by atoms with Crippen molar-refractivity contribution in [3.63, 3.8) is 0 Å². The molecule has 0 aliphatic carbocycles. The van der Waals surface area contributed by atoms with Crippen molar-refractivity contribution in [2.75, 3.05) is 11.9 Å². The van der Waals surface area contributed by atoms with E-state index in [1.54, 1.807) is 25.3 Å². The molecule has 2 rings (SSSR count). The summed E-state index contributed by atoms with van der Waals surface area (Å²) in [7, 11) is 1.94. The number of hydrogen-bond acceptors (Lipinski definition) is 4. The molecule has 0 saturated carbocycles. The molecule has 0 radical (unpaired) electrons. The SMILES string of the molecule is CCOC(=O)c1cccc(NCc2nccn2C)c1. The summed E-state index contributed by atoms with van der Waals surface area (Å²) in [5, 5.41) is 3.23. The standard InChI is InChI=1S/C14H17N3O2/c1-3-19-14(18)11-5-4-6-12(9-11)16-10-13-15-7-8-17(13)2/h4-9,16H,3,10H2,1-2H3. The number of nitrogens with zero attached hydrogens (tertiary/aromatic N) is 2. The molecule has 1 heterocycles. The molecule has 0 fully saturated rings. The van der Waals surface area contributed by atoms with E-state index in [1.165, 1.54) is 0 Å². The molecule has 0 bridgehead atoms. The summed E-state index contributed by atoms with van der Waals surface area (Å²) in [4.78, 5) is 15.8. The molecule has 1 aromatic carbocycles. The molecule has 2 aromatic rings. The number of ether oxygens (including phenoxy) is 1. The molecule has 1 aromatic heterocycles. The maximum atomic E-state index is 11.6. The first-order valence-electron chi connectivity index (χ1n) is 6.18. The molecule has 0 unspecified atom stereocenters. The van der Waals surface area contributed by atoms with Crippen LogP contribution in [0.5, 0.6) is 0 Å². The van der Waals surface area contributed by atoms with E-state index in [0.29, 0.717) is 18.7 Å². The van der Waals surface area contributed by atoms with Crippen molar-refractivity contribution in [2.24, 2.45) is 7.05 Å². The Labute approximate surface area is 112 Å². The highest BCUT2D eigenvalue weighted by Gasteiger charge is 2.07. The Morgan fingerprint density at radius 1 is 1.47 bits per heavy atom. The lowest BCUT2D eigenvalue weighted by Gasteiger charge is -2.08. The van der Waals surface area contributed by atoms with Gasteiger partial charge in [0.25, 0.3) is 0 Å². The fourth-order valence-corrected chi connectivity index (χ4v) is 1.72. The van der Waals surface area contributed by atoms with E-state index in [0.717, 1.165) is 11.5 Å². The van der Waals surface area contributed by atoms with Crippen LogP contribution in [0.1, 0.15) is 23.1 Å². The summed E-state index contributed by atoms with van der Waals surface area (Å²) < 4.78 is 6.92. The van der Waals surface area contributed by atoms with Crippen LogP contribution < -0.4 is 5.32 Å². The highest BCUT2D eigenvalue weighted by atomic mass is 16.5. The molecule has 0 amide bonds. The van der Waals surface area contributed by atoms with Crippen molar-refractivity contribution in [2.45, 2.75) is 13.5 Å². The molecule has 0 spiro atoms. The number of aryl methyl sites for hydroxylation is 1. The van der Waals surface area contributed by atoms with Crippen molar-refractivity contribution >= 4 is 11.7 Å². The molecule has 0 aliphatic heterocycles. The Kier molecular flexibility index (Phi) is 4.18. The molecule has 19 heavy (non-hydrogen) atoms. The maximum absolute atomic E-state index is 11.6. The summed E-state index contributed by atoms with van der Waals surface area (Å²) in [6.45, 7) is 2.78. The van der Waals surface area contributed by atoms with Crippen LogP contribution in [0, 0.1) is 0 Å². The lowest BCUT2D eigenvalue weighted by atomic mass is 10.2. The van der Waals surface area contributed by atoms with Gasteiger partial charge in [-0.25, -0.2) is 9.78 Å². The average Bonchev–Trinajstić information content (AvgIpc) is 2.82. The van der Waals surface area contributed by atoms with E-state index in [-0.39, 0.29) is 5.97 Å². The lowest BCUT2D eigenvalue weighted by molar-refractivity contribution is 0.0526. The lowest BCUT2D eigenvalue weighted by Crippen LogP contribution is -2.08. The van der Waals surface area contributed by atoms with E-state index in [9.17, 15) is 4.79 Å². The summed E-state index contributed by atoms with van der Waals surface area (Å²) in [5.41, 5.74) is 1.42. The van der Waals surface area contributed by atoms with Crippen LogP contribution in [0.15, 0.2) is 36.7 Å². The number of imidazole rings is 1. The van der Waals surface area contributed by atoms with Gasteiger partial charge in [-0.1, -0.05) is 6.07 Å². The molecule has 5 heteroatoms. The molecular formula is C14H17N3O2. The minimum atomic E-state index is -0.303. The van der Waals surface area contributed by atoms with Crippen LogP contribution in [0.2, 0.25) is 0 Å². The third-order valence-electron chi connectivity index (χ3n) is 2.75. The van der Waals surface area contributed by atoms with Crippen LogP contribution in [-0.2, 0) is 18.3 Å². The van der Waals surface area contributed by atoms with Gasteiger partial charge in [-0.15, -0.1) is 0 Å². The number of carbonyl (C=O) groups excluding carboxylic acids is 1. The summed E-state index contributed by atoms with van der Waals surface area (Å²) >= 11 is 0. The van der Waals surface area contributed by atoms with Gasteiger partial charge < -0.3 is 14.6 Å². The molecular weight excluding hydrogens is 242 g/mol. The quantitative estimate of drug-likeness (QED) is 0.836. The number of hydrogen-bond donors (Lipinski definition) is 1. The number of benzene rings is 1. The fourth-order valence-electron chi connectivity index (χ4n) is 1.72. The predicted molar refractivity (Wildman–Crippen MR) is 72.9 cm³/mol. The van der Waals surface area contributed by atoms with Gasteiger partial charge >= 0.3 is 5.97 Å². The number of rotatable bonds is 5. The molecule has 0 atom stereocenters. The zero-order valence-electron chi connectivity index (χ0n) is 11.1. The van der Waals surface area contributed by atoms with Crippen LogP contribution in [0.25, 0.3) is 0 Å². The monoisotopic (exact) mass is 259 g/mol. The van der Waals surface area contributed by atoms with Crippen molar-refractivity contribution in [3.05, 3.63) is 48.0 Å². The zero-order valence-corrected chi connectivity index (χ0v) is 11.1. The Morgan fingerprint density at radius 2 is 2.32 bits per heavy atom. The topological polar surface area (TPSA) is 56.1 Å². The highest BCUT2D eigenvalue weighted by Crippen LogP contribution is 2.12. The summed E-state index contributed by atoms with van der Waals surface area (Å²) in [6.07, 6.45) is 3.65. The molecule has 100 valence electrons. The average molecular weight is 259 g/mol. The number of esters is 1. The van der Waals surface area contributed by atoms with Crippen LogP contribution >= 0.6 is 0 Å². The van der Waals surface area contributed by atoms with Gasteiger partial charge in [-0.2, -0.15) is 0 Å². The first kappa shape index (κ1) is 13.1. The van der Waals surface area contributed by atoms with Crippen molar-refractivity contribution in [1.82, 2.24) is 9.55 Å². The van der Waals surface area contributed by atoms with Gasteiger partial charge in [0.15, 0.2) is 0 Å². The van der Waals surface area contributed by atoms with Crippen LogP contribution in [-0.4, -0.2) is 22.1 Å². The van der Waals surface area contributed by atoms with Gasteiger partial charge in [0.05, 0.1) is 18.7 Å². The minimum Gasteiger partial charge on any atom is -0.462 e. The second-order valence-corrected chi connectivity index (χ2v) is 4.11. The summed E-state index contributed by atoms with van der Waals surface area (Å²) in [6, 6.07) is 7.25. The Morgan fingerprint density at radius 3 is 3.00 bits per heavy atom. The minimum absolute atomic E-state index is 0.303. The van der Waals surface area contributed by atoms with Gasteiger partial charge in [-0.05, 0) is 25.1 Å². The first-order valence-corrected chi connectivity index (χ1v) is 6.18. The maximum Gasteiger partial charge on any atom is 0.338 e. The van der Waals surface area contributed by atoms with Gasteiger partial charge in [-0.3, -0.25) is 0 Å². The van der Waals surface area contributed by atoms with Crippen molar-refractivity contribution in [1.29, 1.82) is 0 Å². The summed E-state index contributed by atoms with van der Waals surface area (Å²) in [5.74, 6) is 0.629. The van der Waals surface area contributed by atoms with E-state index < -0.39 is 0 Å². The van der Waals surface area contributed by atoms with E-state index in [4.69, 9.17) is 4.74 Å². The van der Waals surface area contributed by atoms with Gasteiger partial charge in [0, 0.05) is 25.1 Å². The van der Waals surface area contributed by atoms with Crippen molar-refractivity contribution in [3.8, 4) is 0 Å². The number of aromatic nitrogens is 2. The Balaban J connectivity index is 2.03. The zero-order chi connectivity index (χ0) is 13.7. The van der Waals surface area contributed by atoms with Crippen molar-refractivity contribution < 1.29 is 9.53 Å². The van der Waals surface area contributed by atoms with E-state index >= 15 is 0 Å². The second-order valence-electron chi connectivity index (χ2n) is 4.11. The van der Waals surface area contributed by atoms with Crippen LogP contribution in [0.4, 0.5) is 5.69 Å². The normalized spacial score (nSPS) is 10.2. The molecule has 1 N–H and O–H groups in total. The largest absolute Gasteiger partial charge is 0.462 e. The van der Waals surface area contributed by atoms with Gasteiger partial charge in [0.1, 0.15) is 5.82 Å². The smallest absolute Gasteiger partial charge is 0.338 e. The van der Waals surface area contributed by atoms with Gasteiger partial charge in [0.2, 0.25) is 0 Å². The van der Waals surface area contributed by atoms with Crippen LogP contribution in [0.3, 0.4) is 0 Å².